The smallest absolute Gasteiger partial charge is 0.178 e. The van der Waals surface area contributed by atoms with Crippen LogP contribution >= 0.6 is 0 Å². The zero-order valence-electron chi connectivity index (χ0n) is 12.8. The molecule has 0 amide bonds. The Morgan fingerprint density at radius 3 is 2.20 bits per heavy atom. The van der Waals surface area contributed by atoms with Gasteiger partial charge in [0, 0.05) is 0 Å². The maximum Gasteiger partial charge on any atom is 0.178 e. The molecule has 1 atom stereocenters. The second kappa shape index (κ2) is 8.25. The zero-order valence-corrected chi connectivity index (χ0v) is 13.6. The molecule has 0 spiro atoms. The molecule has 112 valence electrons. The van der Waals surface area contributed by atoms with E-state index in [4.69, 9.17) is 0 Å². The summed E-state index contributed by atoms with van der Waals surface area (Å²) < 4.78 is 23.6. The lowest BCUT2D eigenvalue weighted by Crippen LogP contribution is -2.04. The van der Waals surface area contributed by atoms with Crippen molar-refractivity contribution >= 4 is 9.84 Å². The summed E-state index contributed by atoms with van der Waals surface area (Å²) in [7, 11) is -3.09. The van der Waals surface area contributed by atoms with E-state index in [1.54, 1.807) is 19.1 Å². The van der Waals surface area contributed by atoms with Gasteiger partial charge in [-0.3, -0.25) is 0 Å². The van der Waals surface area contributed by atoms with E-state index in [0.717, 1.165) is 25.7 Å². The molecule has 0 aliphatic rings. The Kier molecular flexibility index (Phi) is 7.00. The Morgan fingerprint density at radius 2 is 1.70 bits per heavy atom. The lowest BCUT2D eigenvalue weighted by atomic mass is 9.91. The Balaban J connectivity index is 2.90. The van der Waals surface area contributed by atoms with Gasteiger partial charge in [0.2, 0.25) is 0 Å². The molecule has 1 aromatic carbocycles. The zero-order chi connectivity index (χ0) is 15.0. The molecule has 1 unspecified atom stereocenters. The van der Waals surface area contributed by atoms with Crippen molar-refractivity contribution in [2.75, 3.05) is 5.75 Å². The first-order valence-electron chi connectivity index (χ1n) is 7.52. The molecule has 0 N–H and O–H groups in total. The third-order valence-electron chi connectivity index (χ3n) is 3.55. The standard InChI is InChI=1S/C17H26O2S/c1-4-7-8-10-15(9-5-2)16-11-13-17(14-12-16)20(18,19)6-3/h7-8,11-15H,4-6,9-10H2,1-3H3/b8-7-. The summed E-state index contributed by atoms with van der Waals surface area (Å²) >= 11 is 0. The predicted molar refractivity (Wildman–Crippen MR) is 85.9 cm³/mol. The summed E-state index contributed by atoms with van der Waals surface area (Å²) in [6.45, 7) is 6.00. The third kappa shape index (κ3) is 4.78. The molecular formula is C17H26O2S. The monoisotopic (exact) mass is 294 g/mol. The molecule has 0 saturated carbocycles. The van der Waals surface area contributed by atoms with Gasteiger partial charge in [0.25, 0.3) is 0 Å². The number of sulfone groups is 1. The highest BCUT2D eigenvalue weighted by atomic mass is 32.2. The van der Waals surface area contributed by atoms with Gasteiger partial charge < -0.3 is 0 Å². The fourth-order valence-electron chi connectivity index (χ4n) is 2.31. The van der Waals surface area contributed by atoms with Gasteiger partial charge in [-0.15, -0.1) is 0 Å². The van der Waals surface area contributed by atoms with Crippen LogP contribution in [0.4, 0.5) is 0 Å². The first-order valence-corrected chi connectivity index (χ1v) is 9.18. The number of benzene rings is 1. The second-order valence-corrected chi connectivity index (χ2v) is 7.35. The van der Waals surface area contributed by atoms with Crippen molar-refractivity contribution in [2.24, 2.45) is 0 Å². The molecule has 20 heavy (non-hydrogen) atoms. The molecule has 0 saturated heterocycles. The van der Waals surface area contributed by atoms with E-state index in [9.17, 15) is 8.42 Å². The maximum atomic E-state index is 11.8. The molecule has 1 rings (SSSR count). The van der Waals surface area contributed by atoms with Crippen LogP contribution in [-0.2, 0) is 9.84 Å². The van der Waals surface area contributed by atoms with Crippen molar-refractivity contribution in [3.63, 3.8) is 0 Å². The minimum absolute atomic E-state index is 0.157. The first-order chi connectivity index (χ1) is 9.55. The van der Waals surface area contributed by atoms with Crippen LogP contribution in [0.2, 0.25) is 0 Å². The average Bonchev–Trinajstić information content (AvgIpc) is 2.47. The van der Waals surface area contributed by atoms with Crippen LogP contribution in [-0.4, -0.2) is 14.2 Å². The minimum atomic E-state index is -3.09. The topological polar surface area (TPSA) is 34.1 Å². The van der Waals surface area contributed by atoms with Crippen LogP contribution in [0.25, 0.3) is 0 Å². The molecule has 0 aromatic heterocycles. The van der Waals surface area contributed by atoms with Gasteiger partial charge in [-0.25, -0.2) is 8.42 Å². The lowest BCUT2D eigenvalue weighted by Gasteiger charge is -2.15. The van der Waals surface area contributed by atoms with Crippen LogP contribution in [0.1, 0.15) is 57.9 Å². The van der Waals surface area contributed by atoms with E-state index >= 15 is 0 Å². The van der Waals surface area contributed by atoms with Crippen LogP contribution < -0.4 is 0 Å². The van der Waals surface area contributed by atoms with Crippen molar-refractivity contribution in [3.05, 3.63) is 42.0 Å². The quantitative estimate of drug-likeness (QED) is 0.650. The summed E-state index contributed by atoms with van der Waals surface area (Å²) in [6.07, 6.45) is 8.79. The molecule has 0 fully saturated rings. The molecule has 0 aliphatic carbocycles. The highest BCUT2D eigenvalue weighted by molar-refractivity contribution is 7.91. The summed E-state index contributed by atoms with van der Waals surface area (Å²) in [5.41, 5.74) is 1.24. The number of allylic oxidation sites excluding steroid dienone is 2. The Bertz CT molecular complexity index is 512. The number of rotatable bonds is 8. The molecular weight excluding hydrogens is 268 g/mol. The van der Waals surface area contributed by atoms with E-state index in [0.29, 0.717) is 10.8 Å². The van der Waals surface area contributed by atoms with Gasteiger partial charge in [0.05, 0.1) is 10.6 Å². The summed E-state index contributed by atoms with van der Waals surface area (Å²) in [5.74, 6) is 0.644. The van der Waals surface area contributed by atoms with Crippen molar-refractivity contribution in [1.82, 2.24) is 0 Å². The van der Waals surface area contributed by atoms with Crippen LogP contribution in [0.3, 0.4) is 0 Å². The van der Waals surface area contributed by atoms with E-state index in [-0.39, 0.29) is 5.75 Å². The van der Waals surface area contributed by atoms with Crippen molar-refractivity contribution in [2.45, 2.75) is 57.3 Å². The van der Waals surface area contributed by atoms with E-state index < -0.39 is 9.84 Å². The molecule has 2 nitrogen and oxygen atoms in total. The van der Waals surface area contributed by atoms with Gasteiger partial charge in [0.15, 0.2) is 9.84 Å². The summed E-state index contributed by atoms with van der Waals surface area (Å²) in [6, 6.07) is 7.45. The van der Waals surface area contributed by atoms with Crippen molar-refractivity contribution in [3.8, 4) is 0 Å². The number of hydrogen-bond donors (Lipinski definition) is 0. The third-order valence-corrected chi connectivity index (χ3v) is 5.30. The highest BCUT2D eigenvalue weighted by Gasteiger charge is 2.13. The summed E-state index contributed by atoms with van der Waals surface area (Å²) in [5, 5.41) is 0. The fraction of sp³-hybridized carbons (Fsp3) is 0.529. The van der Waals surface area contributed by atoms with Crippen LogP contribution in [0.15, 0.2) is 41.3 Å². The molecule has 0 aliphatic heterocycles. The predicted octanol–water partition coefficient (Wildman–Crippen LogP) is 4.72. The Hall–Kier alpha value is -1.09. The second-order valence-electron chi connectivity index (χ2n) is 5.07. The van der Waals surface area contributed by atoms with E-state index in [2.05, 4.69) is 26.0 Å². The van der Waals surface area contributed by atoms with Gasteiger partial charge in [-0.1, -0.05) is 51.5 Å². The summed E-state index contributed by atoms with van der Waals surface area (Å²) in [4.78, 5) is 0.433. The first kappa shape index (κ1) is 17.0. The van der Waals surface area contributed by atoms with Gasteiger partial charge in [0.1, 0.15) is 0 Å². The number of hydrogen-bond acceptors (Lipinski definition) is 2. The Morgan fingerprint density at radius 1 is 1.05 bits per heavy atom. The fourth-order valence-corrected chi connectivity index (χ4v) is 3.19. The lowest BCUT2D eigenvalue weighted by molar-refractivity contribution is 0.596. The van der Waals surface area contributed by atoms with Crippen molar-refractivity contribution < 1.29 is 8.42 Å². The largest absolute Gasteiger partial charge is 0.224 e. The van der Waals surface area contributed by atoms with Gasteiger partial charge in [-0.05, 0) is 42.9 Å². The van der Waals surface area contributed by atoms with Gasteiger partial charge >= 0.3 is 0 Å². The van der Waals surface area contributed by atoms with Crippen molar-refractivity contribution in [1.29, 1.82) is 0 Å². The molecule has 1 aromatic rings. The minimum Gasteiger partial charge on any atom is -0.224 e. The average molecular weight is 294 g/mol. The molecule has 0 heterocycles. The highest BCUT2D eigenvalue weighted by Crippen LogP contribution is 2.26. The maximum absolute atomic E-state index is 11.8. The molecule has 3 heteroatoms. The normalized spacial score (nSPS) is 13.8. The molecule has 0 radical (unpaired) electrons. The van der Waals surface area contributed by atoms with E-state index in [1.165, 1.54) is 5.56 Å². The SMILES string of the molecule is CC/C=C\CC(CCC)c1ccc(S(=O)(=O)CC)cc1. The molecule has 0 bridgehead atoms. The van der Waals surface area contributed by atoms with Crippen LogP contribution in [0, 0.1) is 0 Å². The van der Waals surface area contributed by atoms with E-state index in [1.807, 2.05) is 12.1 Å². The Labute approximate surface area is 123 Å². The van der Waals surface area contributed by atoms with Crippen LogP contribution in [0.5, 0.6) is 0 Å². The van der Waals surface area contributed by atoms with Gasteiger partial charge in [-0.2, -0.15) is 0 Å².